The van der Waals surface area contributed by atoms with Crippen LogP contribution in [-0.4, -0.2) is 26.0 Å². The van der Waals surface area contributed by atoms with Gasteiger partial charge in [0, 0.05) is 6.92 Å². The van der Waals surface area contributed by atoms with Crippen LogP contribution in [0.5, 0.6) is 0 Å². The first-order chi connectivity index (χ1) is 12.1. The van der Waals surface area contributed by atoms with E-state index in [0.717, 1.165) is 32.1 Å². The molecule has 0 saturated heterocycles. The smallest absolute Gasteiger partial charge is 0.254 e. The van der Waals surface area contributed by atoms with E-state index in [-0.39, 0.29) is 11.5 Å². The van der Waals surface area contributed by atoms with Gasteiger partial charge in [0.05, 0.1) is 17.4 Å². The van der Waals surface area contributed by atoms with E-state index in [2.05, 4.69) is 25.4 Å². The number of hydrogen-bond acceptors (Lipinski definition) is 5. The highest BCUT2D eigenvalue weighted by Gasteiger charge is 2.40. The van der Waals surface area contributed by atoms with Crippen molar-refractivity contribution in [3.05, 3.63) is 41.6 Å². The van der Waals surface area contributed by atoms with E-state index in [1.54, 1.807) is 6.92 Å². The van der Waals surface area contributed by atoms with Gasteiger partial charge in [0.25, 0.3) is 5.91 Å². The Morgan fingerprint density at radius 1 is 1.32 bits per heavy atom. The van der Waals surface area contributed by atoms with Gasteiger partial charge in [-0.05, 0) is 25.0 Å². The standard InChI is InChI=1S/C17H18FN5O2/c1-10-21-16(23-25-10)17(5-3-2-4-6-17)22-15(24)12-7-11(18)8-13-14(12)20-9-19-13/h7-9H,2-6H2,1H3,(H,19,20)(H,22,24). The molecule has 1 fully saturated rings. The Bertz CT molecular complexity index is 926. The van der Waals surface area contributed by atoms with E-state index in [1.165, 1.54) is 18.5 Å². The lowest BCUT2D eigenvalue weighted by Gasteiger charge is -2.35. The molecule has 1 aliphatic rings. The lowest BCUT2D eigenvalue weighted by molar-refractivity contribution is 0.0856. The zero-order valence-corrected chi connectivity index (χ0v) is 13.8. The molecule has 0 aliphatic heterocycles. The number of aryl methyl sites for hydroxylation is 1. The van der Waals surface area contributed by atoms with Crippen molar-refractivity contribution < 1.29 is 13.7 Å². The predicted molar refractivity (Wildman–Crippen MR) is 87.3 cm³/mol. The Kier molecular flexibility index (Phi) is 3.74. The van der Waals surface area contributed by atoms with E-state index < -0.39 is 11.4 Å². The number of nitrogens with zero attached hydrogens (tertiary/aromatic N) is 3. The lowest BCUT2D eigenvalue weighted by atomic mass is 9.80. The number of fused-ring (bicyclic) bond motifs is 1. The van der Waals surface area contributed by atoms with E-state index in [9.17, 15) is 9.18 Å². The Labute approximate surface area is 143 Å². The summed E-state index contributed by atoms with van der Waals surface area (Å²) in [6, 6.07) is 2.52. The molecule has 2 aromatic heterocycles. The zero-order chi connectivity index (χ0) is 17.4. The van der Waals surface area contributed by atoms with Gasteiger partial charge in [-0.1, -0.05) is 24.4 Å². The second-order valence-corrected chi connectivity index (χ2v) is 6.49. The fourth-order valence-electron chi connectivity index (χ4n) is 3.53. The highest BCUT2D eigenvalue weighted by molar-refractivity contribution is 6.05. The number of aromatic nitrogens is 4. The van der Waals surface area contributed by atoms with Gasteiger partial charge >= 0.3 is 0 Å². The molecular formula is C17H18FN5O2. The van der Waals surface area contributed by atoms with Crippen LogP contribution in [0.4, 0.5) is 4.39 Å². The van der Waals surface area contributed by atoms with Gasteiger partial charge in [0.15, 0.2) is 5.82 Å². The van der Waals surface area contributed by atoms with Gasteiger partial charge in [0.2, 0.25) is 5.89 Å². The van der Waals surface area contributed by atoms with Crippen LogP contribution in [-0.2, 0) is 5.54 Å². The summed E-state index contributed by atoms with van der Waals surface area (Å²) in [5, 5.41) is 7.07. The molecule has 3 aromatic rings. The highest BCUT2D eigenvalue weighted by atomic mass is 19.1. The van der Waals surface area contributed by atoms with Crippen molar-refractivity contribution in [2.45, 2.75) is 44.6 Å². The third-order valence-corrected chi connectivity index (χ3v) is 4.75. The number of amides is 1. The molecule has 130 valence electrons. The molecule has 0 atom stereocenters. The molecular weight excluding hydrogens is 325 g/mol. The molecule has 1 saturated carbocycles. The molecule has 1 aromatic carbocycles. The summed E-state index contributed by atoms with van der Waals surface area (Å²) in [6.07, 6.45) is 5.88. The van der Waals surface area contributed by atoms with Gasteiger partial charge in [-0.25, -0.2) is 9.37 Å². The van der Waals surface area contributed by atoms with Gasteiger partial charge in [-0.3, -0.25) is 4.79 Å². The Balaban J connectivity index is 1.72. The number of H-pyrrole nitrogens is 1. The number of rotatable bonds is 3. The lowest BCUT2D eigenvalue weighted by Crippen LogP contribution is -2.48. The van der Waals surface area contributed by atoms with Crippen molar-refractivity contribution in [2.75, 3.05) is 0 Å². The van der Waals surface area contributed by atoms with Crippen molar-refractivity contribution in [2.24, 2.45) is 0 Å². The van der Waals surface area contributed by atoms with Crippen molar-refractivity contribution >= 4 is 16.9 Å². The van der Waals surface area contributed by atoms with Gasteiger partial charge in [-0.15, -0.1) is 0 Å². The number of aromatic amines is 1. The molecule has 0 bridgehead atoms. The zero-order valence-electron chi connectivity index (χ0n) is 13.8. The van der Waals surface area contributed by atoms with E-state index in [4.69, 9.17) is 4.52 Å². The summed E-state index contributed by atoms with van der Waals surface area (Å²) in [7, 11) is 0. The summed E-state index contributed by atoms with van der Waals surface area (Å²) >= 11 is 0. The minimum atomic E-state index is -0.692. The Hall–Kier alpha value is -2.77. The molecule has 7 nitrogen and oxygen atoms in total. The van der Waals surface area contributed by atoms with E-state index in [1.807, 2.05) is 0 Å². The quantitative estimate of drug-likeness (QED) is 0.762. The van der Waals surface area contributed by atoms with Crippen LogP contribution in [0.3, 0.4) is 0 Å². The van der Waals surface area contributed by atoms with Crippen LogP contribution < -0.4 is 5.32 Å². The van der Waals surface area contributed by atoms with E-state index >= 15 is 0 Å². The van der Waals surface area contributed by atoms with Crippen molar-refractivity contribution in [3.63, 3.8) is 0 Å². The number of hydrogen-bond donors (Lipinski definition) is 2. The van der Waals surface area contributed by atoms with Crippen molar-refractivity contribution in [1.29, 1.82) is 0 Å². The van der Waals surface area contributed by atoms with E-state index in [0.29, 0.717) is 22.7 Å². The first kappa shape index (κ1) is 15.7. The number of benzene rings is 1. The largest absolute Gasteiger partial charge is 0.344 e. The number of carbonyl (C=O) groups excluding carboxylic acids is 1. The second kappa shape index (κ2) is 5.94. The minimum absolute atomic E-state index is 0.196. The maximum atomic E-state index is 13.9. The van der Waals surface area contributed by atoms with Crippen LogP contribution in [0, 0.1) is 12.7 Å². The summed E-state index contributed by atoms with van der Waals surface area (Å²) in [5.74, 6) is 0.0540. The average molecular weight is 343 g/mol. The first-order valence-corrected chi connectivity index (χ1v) is 8.33. The molecule has 0 spiro atoms. The van der Waals surface area contributed by atoms with Crippen molar-refractivity contribution in [3.8, 4) is 0 Å². The van der Waals surface area contributed by atoms with Crippen molar-refractivity contribution in [1.82, 2.24) is 25.4 Å². The first-order valence-electron chi connectivity index (χ1n) is 8.33. The van der Waals surface area contributed by atoms with Gasteiger partial charge in [-0.2, -0.15) is 4.98 Å². The van der Waals surface area contributed by atoms with Crippen LogP contribution in [0.1, 0.15) is 54.2 Å². The molecule has 2 N–H and O–H groups in total. The summed E-state index contributed by atoms with van der Waals surface area (Å²) in [6.45, 7) is 1.72. The molecule has 0 unspecified atom stereocenters. The Morgan fingerprint density at radius 2 is 2.12 bits per heavy atom. The molecule has 2 heterocycles. The van der Waals surface area contributed by atoms with Gasteiger partial charge < -0.3 is 14.8 Å². The fraction of sp³-hybridized carbons (Fsp3) is 0.412. The van der Waals surface area contributed by atoms with Crippen LogP contribution in [0.2, 0.25) is 0 Å². The Morgan fingerprint density at radius 3 is 2.84 bits per heavy atom. The molecule has 25 heavy (non-hydrogen) atoms. The minimum Gasteiger partial charge on any atom is -0.344 e. The average Bonchev–Trinajstić information content (AvgIpc) is 3.23. The topological polar surface area (TPSA) is 96.7 Å². The fourth-order valence-corrected chi connectivity index (χ4v) is 3.53. The normalized spacial score (nSPS) is 16.9. The number of halogens is 1. The number of imidazole rings is 1. The third kappa shape index (κ3) is 2.77. The molecule has 0 radical (unpaired) electrons. The molecule has 1 amide bonds. The second-order valence-electron chi connectivity index (χ2n) is 6.49. The SMILES string of the molecule is Cc1nc(C2(NC(=O)c3cc(F)cc4[nH]cnc34)CCCCC2)no1. The van der Waals surface area contributed by atoms with Crippen LogP contribution in [0.25, 0.3) is 11.0 Å². The summed E-state index contributed by atoms with van der Waals surface area (Å²) in [5.41, 5.74) is 0.427. The summed E-state index contributed by atoms with van der Waals surface area (Å²) in [4.78, 5) is 24.3. The monoisotopic (exact) mass is 343 g/mol. The summed E-state index contributed by atoms with van der Waals surface area (Å²) < 4.78 is 19.0. The van der Waals surface area contributed by atoms with Crippen LogP contribution in [0.15, 0.2) is 23.0 Å². The number of carbonyl (C=O) groups is 1. The number of nitrogens with one attached hydrogen (secondary N) is 2. The molecule has 1 aliphatic carbocycles. The maximum Gasteiger partial charge on any atom is 0.254 e. The molecule has 8 heteroatoms. The highest BCUT2D eigenvalue weighted by Crippen LogP contribution is 2.36. The van der Waals surface area contributed by atoms with Crippen LogP contribution >= 0.6 is 0 Å². The predicted octanol–water partition coefficient (Wildman–Crippen LogP) is 2.98. The van der Waals surface area contributed by atoms with Gasteiger partial charge in [0.1, 0.15) is 16.9 Å². The third-order valence-electron chi connectivity index (χ3n) is 4.75. The maximum absolute atomic E-state index is 13.9. The molecule has 4 rings (SSSR count).